The predicted molar refractivity (Wildman–Crippen MR) is 94.1 cm³/mol. The van der Waals surface area contributed by atoms with E-state index in [-0.39, 0.29) is 5.56 Å². The number of nitrogens with one attached hydrogen (secondary N) is 1. The van der Waals surface area contributed by atoms with E-state index in [2.05, 4.69) is 10.3 Å². The lowest BCUT2D eigenvalue weighted by Gasteiger charge is -2.13. The zero-order chi connectivity index (χ0) is 16.6. The van der Waals surface area contributed by atoms with E-state index in [1.54, 1.807) is 23.6 Å². The minimum atomic E-state index is -0.0650. The Labute approximate surface area is 142 Å². The smallest absolute Gasteiger partial charge is 0.259 e. The van der Waals surface area contributed by atoms with Crippen molar-refractivity contribution in [3.8, 4) is 5.75 Å². The Kier molecular flexibility index (Phi) is 4.28. The lowest BCUT2D eigenvalue weighted by atomic mass is 10.2. The molecule has 2 heterocycles. The van der Waals surface area contributed by atoms with Crippen LogP contribution >= 0.6 is 22.9 Å². The molecule has 3 rings (SSSR count). The second-order valence-electron chi connectivity index (χ2n) is 5.24. The van der Waals surface area contributed by atoms with E-state index in [9.17, 15) is 4.79 Å². The van der Waals surface area contributed by atoms with Crippen LogP contribution in [-0.4, -0.2) is 16.5 Å². The fourth-order valence-electron chi connectivity index (χ4n) is 2.35. The molecule has 0 bridgehead atoms. The van der Waals surface area contributed by atoms with Crippen molar-refractivity contribution in [2.45, 2.75) is 20.4 Å². The van der Waals surface area contributed by atoms with E-state index < -0.39 is 0 Å². The second kappa shape index (κ2) is 6.22. The third-order valence-corrected chi connectivity index (χ3v) is 4.92. The van der Waals surface area contributed by atoms with E-state index in [0.717, 1.165) is 16.9 Å². The molecule has 0 aliphatic carbocycles. The maximum absolute atomic E-state index is 12.2. The summed E-state index contributed by atoms with van der Waals surface area (Å²) in [6, 6.07) is 5.24. The van der Waals surface area contributed by atoms with Gasteiger partial charge in [-0.25, -0.2) is 4.98 Å². The maximum atomic E-state index is 12.2. The predicted octanol–water partition coefficient (Wildman–Crippen LogP) is 3.65. The van der Waals surface area contributed by atoms with Crippen LogP contribution in [0.25, 0.3) is 4.96 Å². The first-order chi connectivity index (χ1) is 11.0. The van der Waals surface area contributed by atoms with Crippen molar-refractivity contribution in [2.75, 3.05) is 12.4 Å². The number of thiazole rings is 1. The van der Waals surface area contributed by atoms with Crippen LogP contribution in [0.3, 0.4) is 0 Å². The fourth-order valence-corrected chi connectivity index (χ4v) is 3.39. The Bertz CT molecular complexity index is 933. The van der Waals surface area contributed by atoms with E-state index in [1.807, 2.05) is 25.3 Å². The van der Waals surface area contributed by atoms with E-state index in [0.29, 0.717) is 28.0 Å². The van der Waals surface area contributed by atoms with E-state index in [1.165, 1.54) is 11.3 Å². The molecule has 7 heteroatoms. The molecule has 0 spiro atoms. The molecule has 23 heavy (non-hydrogen) atoms. The molecule has 0 fully saturated rings. The lowest BCUT2D eigenvalue weighted by molar-refractivity contribution is 0.416. The van der Waals surface area contributed by atoms with Crippen molar-refractivity contribution >= 4 is 33.6 Å². The third-order valence-electron chi connectivity index (χ3n) is 3.57. The average Bonchev–Trinajstić information content (AvgIpc) is 2.89. The summed E-state index contributed by atoms with van der Waals surface area (Å²) in [6.45, 7) is 4.25. The Morgan fingerprint density at radius 3 is 2.87 bits per heavy atom. The highest BCUT2D eigenvalue weighted by Gasteiger charge is 2.09. The van der Waals surface area contributed by atoms with Gasteiger partial charge in [-0.15, -0.1) is 11.3 Å². The molecule has 5 nitrogen and oxygen atoms in total. The molecule has 0 amide bonds. The zero-order valence-corrected chi connectivity index (χ0v) is 14.6. The summed E-state index contributed by atoms with van der Waals surface area (Å²) in [4.78, 5) is 17.4. The number of fused-ring (bicyclic) bond motifs is 1. The molecule has 0 radical (unpaired) electrons. The standard InChI is InChI=1S/C16H16ClN3O2S/c1-9-4-13(14(22-3)6-12(9)17)18-7-11-5-15(21)20-10(2)8-23-16(20)19-11/h4-6,8,18H,7H2,1-3H3. The van der Waals surface area contributed by atoms with Crippen LogP contribution in [-0.2, 0) is 6.54 Å². The van der Waals surface area contributed by atoms with Crippen LogP contribution in [0.15, 0.2) is 28.4 Å². The Hall–Kier alpha value is -2.05. The van der Waals surface area contributed by atoms with Crippen molar-refractivity contribution in [3.63, 3.8) is 0 Å². The molecule has 0 unspecified atom stereocenters. The molecule has 1 N–H and O–H groups in total. The van der Waals surface area contributed by atoms with Gasteiger partial charge in [-0.05, 0) is 25.5 Å². The van der Waals surface area contributed by atoms with Crippen LogP contribution < -0.4 is 15.6 Å². The van der Waals surface area contributed by atoms with Crippen LogP contribution in [0.4, 0.5) is 5.69 Å². The van der Waals surface area contributed by atoms with Crippen molar-refractivity contribution in [1.82, 2.24) is 9.38 Å². The van der Waals surface area contributed by atoms with Gasteiger partial charge in [0.15, 0.2) is 4.96 Å². The largest absolute Gasteiger partial charge is 0.495 e. The van der Waals surface area contributed by atoms with Gasteiger partial charge in [-0.2, -0.15) is 0 Å². The maximum Gasteiger partial charge on any atom is 0.259 e. The van der Waals surface area contributed by atoms with Gasteiger partial charge in [-0.3, -0.25) is 9.20 Å². The SMILES string of the molecule is COc1cc(Cl)c(C)cc1NCc1cc(=O)n2c(C)csc2n1. The highest BCUT2D eigenvalue weighted by Crippen LogP contribution is 2.31. The number of anilines is 1. The number of ether oxygens (including phenoxy) is 1. The Morgan fingerprint density at radius 2 is 2.13 bits per heavy atom. The molecule has 0 saturated heterocycles. The molecular weight excluding hydrogens is 334 g/mol. The van der Waals surface area contributed by atoms with Crippen LogP contribution in [0.5, 0.6) is 5.75 Å². The highest BCUT2D eigenvalue weighted by molar-refractivity contribution is 7.15. The first-order valence-corrected chi connectivity index (χ1v) is 8.30. The molecular formula is C16H16ClN3O2S. The normalized spacial score (nSPS) is 11.0. The molecule has 1 aromatic carbocycles. The molecule has 0 atom stereocenters. The summed E-state index contributed by atoms with van der Waals surface area (Å²) in [7, 11) is 1.59. The minimum absolute atomic E-state index is 0.0650. The number of nitrogens with zero attached hydrogens (tertiary/aromatic N) is 2. The van der Waals surface area contributed by atoms with Crippen LogP contribution in [0.1, 0.15) is 17.0 Å². The van der Waals surface area contributed by atoms with Gasteiger partial charge in [-0.1, -0.05) is 11.6 Å². The molecule has 3 aromatic rings. The summed E-state index contributed by atoms with van der Waals surface area (Å²) < 4.78 is 6.95. The van der Waals surface area contributed by atoms with Gasteiger partial charge < -0.3 is 10.1 Å². The second-order valence-corrected chi connectivity index (χ2v) is 6.48. The monoisotopic (exact) mass is 349 g/mol. The minimum Gasteiger partial charge on any atom is -0.495 e. The zero-order valence-electron chi connectivity index (χ0n) is 13.0. The number of aromatic nitrogens is 2. The number of aryl methyl sites for hydroxylation is 2. The third kappa shape index (κ3) is 3.04. The topological polar surface area (TPSA) is 55.6 Å². The summed E-state index contributed by atoms with van der Waals surface area (Å²) in [6.07, 6.45) is 0. The molecule has 0 saturated carbocycles. The van der Waals surface area contributed by atoms with Crippen molar-refractivity contribution < 1.29 is 4.74 Å². The first kappa shape index (κ1) is 15.8. The average molecular weight is 350 g/mol. The summed E-state index contributed by atoms with van der Waals surface area (Å²) in [5, 5.41) is 5.83. The number of hydrogen-bond donors (Lipinski definition) is 1. The number of hydrogen-bond acceptors (Lipinski definition) is 5. The van der Waals surface area contributed by atoms with E-state index in [4.69, 9.17) is 16.3 Å². The van der Waals surface area contributed by atoms with Crippen molar-refractivity contribution in [1.29, 1.82) is 0 Å². The number of halogens is 1. The Morgan fingerprint density at radius 1 is 1.35 bits per heavy atom. The number of methoxy groups -OCH3 is 1. The van der Waals surface area contributed by atoms with Crippen molar-refractivity contribution in [3.05, 3.63) is 55.9 Å². The van der Waals surface area contributed by atoms with Gasteiger partial charge in [0.2, 0.25) is 0 Å². The van der Waals surface area contributed by atoms with E-state index >= 15 is 0 Å². The molecule has 2 aromatic heterocycles. The molecule has 0 aliphatic heterocycles. The first-order valence-electron chi connectivity index (χ1n) is 7.04. The Balaban J connectivity index is 1.89. The quantitative estimate of drug-likeness (QED) is 0.781. The van der Waals surface area contributed by atoms with Crippen molar-refractivity contribution in [2.24, 2.45) is 0 Å². The molecule has 120 valence electrons. The number of rotatable bonds is 4. The molecule has 0 aliphatic rings. The highest BCUT2D eigenvalue weighted by atomic mass is 35.5. The lowest BCUT2D eigenvalue weighted by Crippen LogP contribution is -2.16. The summed E-state index contributed by atoms with van der Waals surface area (Å²) in [5.41, 5.74) is 3.29. The van der Waals surface area contributed by atoms with Gasteiger partial charge >= 0.3 is 0 Å². The van der Waals surface area contributed by atoms with Gasteiger partial charge in [0.05, 0.1) is 25.0 Å². The fraction of sp³-hybridized carbons (Fsp3) is 0.250. The summed E-state index contributed by atoms with van der Waals surface area (Å²) in [5.74, 6) is 0.658. The van der Waals surface area contributed by atoms with Crippen LogP contribution in [0, 0.1) is 13.8 Å². The van der Waals surface area contributed by atoms with Gasteiger partial charge in [0.25, 0.3) is 5.56 Å². The summed E-state index contributed by atoms with van der Waals surface area (Å²) >= 11 is 7.57. The van der Waals surface area contributed by atoms with Gasteiger partial charge in [0.1, 0.15) is 5.75 Å². The van der Waals surface area contributed by atoms with Gasteiger partial charge in [0, 0.05) is 28.2 Å². The van der Waals surface area contributed by atoms with Crippen LogP contribution in [0.2, 0.25) is 5.02 Å². The number of benzene rings is 1.